The number of amides is 1. The van der Waals surface area contributed by atoms with Crippen LogP contribution >= 0.6 is 0 Å². The summed E-state index contributed by atoms with van der Waals surface area (Å²) >= 11 is 0. The number of rotatable bonds is 0. The van der Waals surface area contributed by atoms with Gasteiger partial charge in [0.1, 0.15) is 5.60 Å². The van der Waals surface area contributed by atoms with Crippen molar-refractivity contribution >= 4 is 21.6 Å². The van der Waals surface area contributed by atoms with E-state index in [-0.39, 0.29) is 23.8 Å². The Kier molecular flexibility index (Phi) is 3.58. The van der Waals surface area contributed by atoms with Crippen molar-refractivity contribution in [3.8, 4) is 0 Å². The second kappa shape index (κ2) is 5.37. The minimum absolute atomic E-state index is 0.143. The Morgan fingerprint density at radius 3 is 2.72 bits per heavy atom. The first kappa shape index (κ1) is 16.7. The Morgan fingerprint density at radius 1 is 1.24 bits per heavy atom. The highest BCUT2D eigenvalue weighted by atomic mass is 32.2. The summed E-state index contributed by atoms with van der Waals surface area (Å²) in [5, 5.41) is 0. The maximum Gasteiger partial charge on any atom is 0.410 e. The van der Waals surface area contributed by atoms with Gasteiger partial charge in [0.15, 0.2) is 9.84 Å². The quantitative estimate of drug-likeness (QED) is 0.707. The molecule has 0 bridgehead atoms. The average molecular weight is 364 g/mol. The molecule has 1 fully saturated rings. The third kappa shape index (κ3) is 2.69. The number of para-hydroxylation sites is 1. The van der Waals surface area contributed by atoms with Gasteiger partial charge in [-0.25, -0.2) is 13.2 Å². The molecule has 0 N–H and O–H groups in total. The van der Waals surface area contributed by atoms with Gasteiger partial charge < -0.3 is 14.5 Å². The monoisotopic (exact) mass is 364 g/mol. The van der Waals surface area contributed by atoms with Crippen molar-refractivity contribution in [2.75, 3.05) is 30.3 Å². The lowest BCUT2D eigenvalue weighted by Gasteiger charge is -2.40. The Hall–Kier alpha value is -1.76. The summed E-state index contributed by atoms with van der Waals surface area (Å²) in [6, 6.07) is 5.81. The van der Waals surface area contributed by atoms with Crippen LogP contribution in [0, 0.1) is 0 Å². The van der Waals surface area contributed by atoms with Crippen molar-refractivity contribution in [2.45, 2.75) is 49.6 Å². The molecule has 1 aromatic rings. The van der Waals surface area contributed by atoms with Crippen LogP contribution in [0.1, 0.15) is 38.7 Å². The molecular weight excluding hydrogens is 340 g/mol. The van der Waals surface area contributed by atoms with E-state index < -0.39 is 15.4 Å². The number of sulfone groups is 1. The van der Waals surface area contributed by atoms with E-state index in [0.717, 1.165) is 17.7 Å². The van der Waals surface area contributed by atoms with Crippen molar-refractivity contribution in [2.24, 2.45) is 0 Å². The van der Waals surface area contributed by atoms with Gasteiger partial charge in [-0.05, 0) is 38.8 Å². The molecule has 3 heterocycles. The SMILES string of the molecule is CC(C)(C)OC(=O)N1CC[C@H]2[C@@H](C1)c1cccc3c1N2CCS3(=O)=O. The summed E-state index contributed by atoms with van der Waals surface area (Å²) in [7, 11) is -3.20. The predicted octanol–water partition coefficient (Wildman–Crippen LogP) is 2.39. The van der Waals surface area contributed by atoms with Crippen LogP contribution in [-0.2, 0) is 14.6 Å². The first-order valence-corrected chi connectivity index (χ1v) is 10.4. The smallest absolute Gasteiger partial charge is 0.410 e. The summed E-state index contributed by atoms with van der Waals surface area (Å²) in [6.45, 7) is 7.35. The lowest BCUT2D eigenvalue weighted by Crippen LogP contribution is -2.50. The van der Waals surface area contributed by atoms with Crippen LogP contribution in [0.4, 0.5) is 10.5 Å². The van der Waals surface area contributed by atoms with E-state index in [2.05, 4.69) is 4.90 Å². The second-order valence-electron chi connectivity index (χ2n) is 8.10. The van der Waals surface area contributed by atoms with Gasteiger partial charge in [-0.2, -0.15) is 0 Å². The van der Waals surface area contributed by atoms with E-state index in [1.54, 1.807) is 11.0 Å². The number of ether oxygens (including phenoxy) is 1. The van der Waals surface area contributed by atoms with Gasteiger partial charge in [-0.3, -0.25) is 0 Å². The third-order valence-corrected chi connectivity index (χ3v) is 7.00. The predicted molar refractivity (Wildman–Crippen MR) is 94.8 cm³/mol. The van der Waals surface area contributed by atoms with E-state index >= 15 is 0 Å². The van der Waals surface area contributed by atoms with Crippen LogP contribution in [0.15, 0.2) is 23.1 Å². The fourth-order valence-electron chi connectivity index (χ4n) is 4.28. The van der Waals surface area contributed by atoms with Gasteiger partial charge in [0.2, 0.25) is 0 Å². The summed E-state index contributed by atoms with van der Waals surface area (Å²) in [5.41, 5.74) is 1.41. The van der Waals surface area contributed by atoms with Crippen LogP contribution in [0.2, 0.25) is 0 Å². The zero-order valence-electron chi connectivity index (χ0n) is 14.9. The van der Waals surface area contributed by atoms with E-state index in [1.165, 1.54) is 0 Å². The van der Waals surface area contributed by atoms with Gasteiger partial charge in [-0.1, -0.05) is 12.1 Å². The summed E-state index contributed by atoms with van der Waals surface area (Å²) in [4.78, 5) is 16.9. The number of piperidine rings is 1. The molecule has 0 radical (unpaired) electrons. The molecule has 25 heavy (non-hydrogen) atoms. The van der Waals surface area contributed by atoms with Crippen molar-refractivity contribution < 1.29 is 17.9 Å². The van der Waals surface area contributed by atoms with Crippen LogP contribution in [-0.4, -0.2) is 56.4 Å². The molecule has 0 aliphatic carbocycles. The van der Waals surface area contributed by atoms with Crippen LogP contribution in [0.25, 0.3) is 0 Å². The van der Waals surface area contributed by atoms with Gasteiger partial charge in [0.25, 0.3) is 0 Å². The highest BCUT2D eigenvalue weighted by Gasteiger charge is 2.47. The largest absolute Gasteiger partial charge is 0.444 e. The highest BCUT2D eigenvalue weighted by molar-refractivity contribution is 7.91. The number of hydrogen-bond acceptors (Lipinski definition) is 5. The molecule has 0 spiro atoms. The topological polar surface area (TPSA) is 66.9 Å². The highest BCUT2D eigenvalue weighted by Crippen LogP contribution is 2.49. The maximum atomic E-state index is 12.4. The molecule has 3 aliphatic heterocycles. The van der Waals surface area contributed by atoms with Crippen LogP contribution in [0.3, 0.4) is 0 Å². The number of likely N-dealkylation sites (tertiary alicyclic amines) is 1. The molecule has 6 nitrogen and oxygen atoms in total. The summed E-state index contributed by atoms with van der Waals surface area (Å²) in [5.74, 6) is 0.312. The number of nitrogens with zero attached hydrogens (tertiary/aromatic N) is 2. The summed E-state index contributed by atoms with van der Waals surface area (Å²) in [6.07, 6.45) is 0.544. The number of fused-ring (bicyclic) bond motifs is 3. The van der Waals surface area contributed by atoms with Crippen molar-refractivity contribution in [1.82, 2.24) is 4.90 Å². The lowest BCUT2D eigenvalue weighted by atomic mass is 9.89. The van der Waals surface area contributed by atoms with E-state index in [4.69, 9.17) is 4.74 Å². The normalized spacial score (nSPS) is 26.8. The molecule has 7 heteroatoms. The fourth-order valence-corrected chi connectivity index (χ4v) is 5.75. The molecule has 3 aliphatic rings. The molecular formula is C18H24N2O4S. The van der Waals surface area contributed by atoms with Crippen molar-refractivity contribution in [3.05, 3.63) is 23.8 Å². The zero-order chi connectivity index (χ0) is 18.0. The number of anilines is 1. The van der Waals surface area contributed by atoms with Crippen LogP contribution in [0.5, 0.6) is 0 Å². The van der Waals surface area contributed by atoms with E-state index in [0.29, 0.717) is 24.5 Å². The second-order valence-corrected chi connectivity index (χ2v) is 10.2. The first-order valence-electron chi connectivity index (χ1n) is 8.78. The molecule has 0 aromatic heterocycles. The van der Waals surface area contributed by atoms with Gasteiger partial charge in [-0.15, -0.1) is 0 Å². The zero-order valence-corrected chi connectivity index (χ0v) is 15.7. The number of carbonyl (C=O) groups excluding carboxylic acids is 1. The Balaban J connectivity index is 1.66. The van der Waals surface area contributed by atoms with Crippen molar-refractivity contribution in [3.63, 3.8) is 0 Å². The maximum absolute atomic E-state index is 12.4. The van der Waals surface area contributed by atoms with Gasteiger partial charge in [0, 0.05) is 31.6 Å². The molecule has 0 saturated carbocycles. The minimum atomic E-state index is -3.20. The molecule has 136 valence electrons. The number of benzene rings is 1. The minimum Gasteiger partial charge on any atom is -0.444 e. The summed E-state index contributed by atoms with van der Waals surface area (Å²) < 4.78 is 30.4. The Morgan fingerprint density at radius 2 is 2.00 bits per heavy atom. The van der Waals surface area contributed by atoms with Gasteiger partial charge in [0.05, 0.1) is 16.3 Å². The fraction of sp³-hybridized carbons (Fsp3) is 0.611. The Bertz CT molecular complexity index is 828. The molecule has 0 unspecified atom stereocenters. The molecule has 2 atom stereocenters. The first-order chi connectivity index (χ1) is 11.7. The molecule has 1 aromatic carbocycles. The van der Waals surface area contributed by atoms with E-state index in [1.807, 2.05) is 32.9 Å². The van der Waals surface area contributed by atoms with E-state index in [9.17, 15) is 13.2 Å². The lowest BCUT2D eigenvalue weighted by molar-refractivity contribution is 0.0189. The van der Waals surface area contributed by atoms with Gasteiger partial charge >= 0.3 is 6.09 Å². The standard InChI is InChI=1S/C18H24N2O4S/c1-18(2,3)24-17(21)19-8-7-14-13(11-19)12-5-4-6-15-16(12)20(14)9-10-25(15,22)23/h4-6,13-14H,7-11H2,1-3H3/t13-,14-/m0/s1. The number of hydrogen-bond donors (Lipinski definition) is 0. The average Bonchev–Trinajstić information content (AvgIpc) is 2.84. The Labute approximate surface area is 148 Å². The van der Waals surface area contributed by atoms with Crippen molar-refractivity contribution in [1.29, 1.82) is 0 Å². The third-order valence-electron chi connectivity index (χ3n) is 5.28. The molecule has 1 saturated heterocycles. The molecule has 1 amide bonds. The number of carbonyl (C=O) groups is 1. The molecule has 4 rings (SSSR count). The van der Waals surface area contributed by atoms with Crippen LogP contribution < -0.4 is 4.90 Å².